The highest BCUT2D eigenvalue weighted by Crippen LogP contribution is 2.64. The van der Waals surface area contributed by atoms with Gasteiger partial charge in [-0.05, 0) is 48.4 Å². The molecule has 10 heteroatoms. The lowest BCUT2D eigenvalue weighted by Gasteiger charge is -2.36. The van der Waals surface area contributed by atoms with Crippen molar-refractivity contribution in [2.24, 2.45) is 16.7 Å². The molecule has 1 N–H and O–H groups in total. The van der Waals surface area contributed by atoms with E-state index < -0.39 is 25.5 Å². The molecule has 2 saturated carbocycles. The molecule has 1 aliphatic heterocycles. The second kappa shape index (κ2) is 7.29. The highest BCUT2D eigenvalue weighted by Gasteiger charge is 2.65. The number of Topliss-reactive ketones (excluding diaryl/α,β-unsaturated/α-hetero) is 1. The first-order chi connectivity index (χ1) is 14.0. The predicted octanol–water partition coefficient (Wildman–Crippen LogP) is 1.84. The van der Waals surface area contributed by atoms with E-state index in [2.05, 4.69) is 4.72 Å². The molecule has 1 aromatic carbocycles. The van der Waals surface area contributed by atoms with Gasteiger partial charge in [0.05, 0.1) is 29.3 Å². The Balaban J connectivity index is 1.50. The Morgan fingerprint density at radius 2 is 1.73 bits per heavy atom. The Bertz CT molecular complexity index is 1040. The van der Waals surface area contributed by atoms with Crippen molar-refractivity contribution >= 4 is 31.5 Å². The number of fused-ring (bicyclic) bond motifs is 2. The van der Waals surface area contributed by atoms with E-state index in [4.69, 9.17) is 4.74 Å². The summed E-state index contributed by atoms with van der Waals surface area (Å²) in [5.74, 6) is 0.0434. The highest BCUT2D eigenvalue weighted by molar-refractivity contribution is 7.92. The monoisotopic (exact) mass is 456 g/mol. The molecular formula is C20H28N2O6S2. The molecule has 0 unspecified atom stereocenters. The number of nitrogens with one attached hydrogen (secondary N) is 1. The van der Waals surface area contributed by atoms with E-state index in [1.807, 2.05) is 13.8 Å². The molecule has 3 aliphatic rings. The molecule has 2 aliphatic carbocycles. The minimum Gasteiger partial charge on any atom is -0.379 e. The Labute approximate surface area is 178 Å². The van der Waals surface area contributed by atoms with Gasteiger partial charge in [0.25, 0.3) is 0 Å². The van der Waals surface area contributed by atoms with Gasteiger partial charge >= 0.3 is 0 Å². The number of ether oxygens (including phenoxy) is 1. The van der Waals surface area contributed by atoms with E-state index in [0.717, 1.165) is 6.42 Å². The average molecular weight is 457 g/mol. The van der Waals surface area contributed by atoms with Crippen LogP contribution >= 0.6 is 0 Å². The van der Waals surface area contributed by atoms with Crippen LogP contribution in [-0.4, -0.2) is 59.0 Å². The van der Waals surface area contributed by atoms with Gasteiger partial charge in [-0.2, -0.15) is 4.31 Å². The van der Waals surface area contributed by atoms with E-state index in [9.17, 15) is 21.6 Å². The maximum atomic E-state index is 12.9. The van der Waals surface area contributed by atoms with Crippen LogP contribution in [0.1, 0.15) is 33.1 Å². The van der Waals surface area contributed by atoms with Gasteiger partial charge in [-0.1, -0.05) is 13.8 Å². The standard InChI is InChI=1S/C20H28N2O6S2/c1-19(2)15-7-8-20(19,18(23)13-15)14-29(24,25)21-16-3-5-17(6-4-16)30(26,27)22-9-11-28-12-10-22/h3-6,15,21H,7-14H2,1-2H3/t15-,20+/m0/s1. The number of benzene rings is 1. The first-order valence-corrected chi connectivity index (χ1v) is 13.3. The fraction of sp³-hybridized carbons (Fsp3) is 0.650. The maximum absolute atomic E-state index is 12.9. The molecule has 3 fully saturated rings. The van der Waals surface area contributed by atoms with Crippen LogP contribution in [0.4, 0.5) is 5.69 Å². The largest absolute Gasteiger partial charge is 0.379 e. The van der Waals surface area contributed by atoms with Crippen LogP contribution in [0.15, 0.2) is 29.2 Å². The van der Waals surface area contributed by atoms with Crippen LogP contribution in [0.2, 0.25) is 0 Å². The molecule has 1 saturated heterocycles. The van der Waals surface area contributed by atoms with Crippen molar-refractivity contribution in [1.82, 2.24) is 4.31 Å². The Morgan fingerprint density at radius 1 is 1.10 bits per heavy atom. The fourth-order valence-corrected chi connectivity index (χ4v) is 8.58. The third kappa shape index (κ3) is 3.47. The SMILES string of the molecule is CC1(C)[C@H]2CC[C@@]1(CS(=O)(=O)Nc1ccc(S(=O)(=O)N3CCOCC3)cc1)C(=O)C2. The van der Waals surface area contributed by atoms with Crippen LogP contribution in [0, 0.1) is 16.7 Å². The molecule has 0 spiro atoms. The summed E-state index contributed by atoms with van der Waals surface area (Å²) in [6, 6.07) is 5.69. The van der Waals surface area contributed by atoms with Gasteiger partial charge in [0.2, 0.25) is 20.0 Å². The molecule has 8 nitrogen and oxygen atoms in total. The zero-order chi connectivity index (χ0) is 21.8. The number of sulfonamides is 2. The Hall–Kier alpha value is -1.49. The summed E-state index contributed by atoms with van der Waals surface area (Å²) in [4.78, 5) is 12.7. The van der Waals surface area contributed by atoms with E-state index in [1.165, 1.54) is 28.6 Å². The van der Waals surface area contributed by atoms with Crippen LogP contribution < -0.4 is 4.72 Å². The van der Waals surface area contributed by atoms with E-state index in [-0.39, 0.29) is 33.5 Å². The van der Waals surface area contributed by atoms with Gasteiger partial charge in [0.1, 0.15) is 5.78 Å². The van der Waals surface area contributed by atoms with Gasteiger partial charge < -0.3 is 4.74 Å². The van der Waals surface area contributed by atoms with Crippen molar-refractivity contribution in [2.75, 3.05) is 36.8 Å². The second-order valence-electron chi connectivity index (χ2n) is 9.07. The van der Waals surface area contributed by atoms with Gasteiger partial charge in [-0.3, -0.25) is 9.52 Å². The van der Waals surface area contributed by atoms with Crippen molar-refractivity contribution in [1.29, 1.82) is 0 Å². The van der Waals surface area contributed by atoms with Crippen molar-refractivity contribution in [3.8, 4) is 0 Å². The third-order valence-electron chi connectivity index (χ3n) is 7.31. The van der Waals surface area contributed by atoms with Crippen molar-refractivity contribution < 1.29 is 26.4 Å². The second-order valence-corrected chi connectivity index (χ2v) is 12.7. The lowest BCUT2D eigenvalue weighted by Crippen LogP contribution is -2.43. The van der Waals surface area contributed by atoms with Crippen LogP contribution in [0.3, 0.4) is 0 Å². The quantitative estimate of drug-likeness (QED) is 0.700. The minimum atomic E-state index is -3.78. The number of carbonyl (C=O) groups excluding carboxylic acids is 1. The van der Waals surface area contributed by atoms with Crippen LogP contribution in [-0.2, 0) is 29.6 Å². The molecule has 1 aromatic rings. The number of rotatable bonds is 6. The summed E-state index contributed by atoms with van der Waals surface area (Å²) in [5, 5.41) is 0. The molecule has 30 heavy (non-hydrogen) atoms. The summed E-state index contributed by atoms with van der Waals surface area (Å²) in [6.45, 7) is 5.30. The molecule has 1 heterocycles. The molecule has 0 radical (unpaired) electrons. The highest BCUT2D eigenvalue weighted by atomic mass is 32.2. The summed E-state index contributed by atoms with van der Waals surface area (Å²) < 4.78 is 60.3. The van der Waals surface area contributed by atoms with E-state index in [1.54, 1.807) is 0 Å². The first-order valence-electron chi connectivity index (χ1n) is 10.2. The normalized spacial score (nSPS) is 29.3. The van der Waals surface area contributed by atoms with Gasteiger partial charge in [-0.25, -0.2) is 16.8 Å². The van der Waals surface area contributed by atoms with Gasteiger partial charge in [-0.15, -0.1) is 0 Å². The summed E-state index contributed by atoms with van der Waals surface area (Å²) >= 11 is 0. The Kier molecular flexibility index (Phi) is 5.28. The number of morpholine rings is 1. The van der Waals surface area contributed by atoms with Crippen molar-refractivity contribution in [3.63, 3.8) is 0 Å². The predicted molar refractivity (Wildman–Crippen MR) is 112 cm³/mol. The zero-order valence-electron chi connectivity index (χ0n) is 17.3. The summed E-state index contributed by atoms with van der Waals surface area (Å²) in [7, 11) is -7.42. The number of ketones is 1. The number of hydrogen-bond donors (Lipinski definition) is 1. The lowest BCUT2D eigenvalue weighted by molar-refractivity contribution is -0.128. The Morgan fingerprint density at radius 3 is 2.27 bits per heavy atom. The maximum Gasteiger partial charge on any atom is 0.243 e. The molecular weight excluding hydrogens is 428 g/mol. The summed E-state index contributed by atoms with van der Waals surface area (Å²) in [5.41, 5.74) is -0.900. The van der Waals surface area contributed by atoms with E-state index in [0.29, 0.717) is 39.1 Å². The third-order valence-corrected chi connectivity index (χ3v) is 10.6. The average Bonchev–Trinajstić information content (AvgIpc) is 3.02. The molecule has 0 aromatic heterocycles. The minimum absolute atomic E-state index is 0.0427. The molecule has 2 atom stereocenters. The number of hydrogen-bond acceptors (Lipinski definition) is 6. The number of anilines is 1. The number of carbonyl (C=O) groups is 1. The first kappa shape index (κ1) is 21.7. The smallest absolute Gasteiger partial charge is 0.243 e. The van der Waals surface area contributed by atoms with Gasteiger partial charge in [0.15, 0.2) is 0 Å². The lowest BCUT2D eigenvalue weighted by atomic mass is 9.70. The van der Waals surface area contributed by atoms with Crippen LogP contribution in [0.25, 0.3) is 0 Å². The molecule has 2 bridgehead atoms. The zero-order valence-corrected chi connectivity index (χ0v) is 18.9. The van der Waals surface area contributed by atoms with Crippen molar-refractivity contribution in [3.05, 3.63) is 24.3 Å². The molecule has 166 valence electrons. The molecule has 0 amide bonds. The molecule has 4 rings (SSSR count). The summed E-state index contributed by atoms with van der Waals surface area (Å²) in [6.07, 6.45) is 1.93. The van der Waals surface area contributed by atoms with Crippen molar-refractivity contribution in [2.45, 2.75) is 38.0 Å². The van der Waals surface area contributed by atoms with Crippen LogP contribution in [0.5, 0.6) is 0 Å². The van der Waals surface area contributed by atoms with Gasteiger partial charge in [0, 0.05) is 25.2 Å². The topological polar surface area (TPSA) is 110 Å². The fourth-order valence-electron chi connectivity index (χ4n) is 5.28. The number of nitrogens with zero attached hydrogens (tertiary/aromatic N) is 1. The van der Waals surface area contributed by atoms with E-state index >= 15 is 0 Å².